The van der Waals surface area contributed by atoms with E-state index >= 15 is 0 Å². The number of thiophene rings is 1. The second-order valence-corrected chi connectivity index (χ2v) is 9.65. The number of rotatable bonds is 7. The maximum absolute atomic E-state index is 12.9. The van der Waals surface area contributed by atoms with Crippen molar-refractivity contribution >= 4 is 56.6 Å². The monoisotopic (exact) mass is 480 g/mol. The van der Waals surface area contributed by atoms with Crippen molar-refractivity contribution in [3.63, 3.8) is 0 Å². The normalized spacial score (nSPS) is 12.8. The van der Waals surface area contributed by atoms with Crippen LogP contribution in [-0.2, 0) is 24.2 Å². The summed E-state index contributed by atoms with van der Waals surface area (Å²) in [5, 5.41) is 12.8. The van der Waals surface area contributed by atoms with Crippen LogP contribution >= 0.6 is 23.1 Å². The first-order valence-electron chi connectivity index (χ1n) is 10.3. The van der Waals surface area contributed by atoms with Crippen molar-refractivity contribution < 1.29 is 9.59 Å². The Bertz CT molecular complexity index is 1500. The summed E-state index contributed by atoms with van der Waals surface area (Å²) in [5.41, 5.74) is 7.46. The van der Waals surface area contributed by atoms with Crippen LogP contribution in [0, 0.1) is 0 Å². The number of amides is 2. The lowest BCUT2D eigenvalue weighted by atomic mass is 10.1. The van der Waals surface area contributed by atoms with Crippen LogP contribution in [0.2, 0.25) is 0 Å². The van der Waals surface area contributed by atoms with E-state index in [2.05, 4.69) is 22.1 Å². The lowest BCUT2D eigenvalue weighted by Crippen LogP contribution is -2.23. The molecule has 0 saturated heterocycles. The minimum atomic E-state index is -0.521. The number of nitrogens with one attached hydrogen (secondary N) is 1. The Morgan fingerprint density at radius 3 is 2.88 bits per heavy atom. The third-order valence-corrected chi connectivity index (χ3v) is 7.68. The van der Waals surface area contributed by atoms with Crippen molar-refractivity contribution in [1.29, 1.82) is 0 Å². The lowest BCUT2D eigenvalue weighted by molar-refractivity contribution is -0.113. The van der Waals surface area contributed by atoms with Crippen LogP contribution in [0.15, 0.2) is 46.9 Å². The summed E-state index contributed by atoms with van der Waals surface area (Å²) in [6, 6.07) is 7.20. The summed E-state index contributed by atoms with van der Waals surface area (Å²) in [4.78, 5) is 38.7. The minimum Gasteiger partial charge on any atom is -0.365 e. The van der Waals surface area contributed by atoms with Gasteiger partial charge in [-0.1, -0.05) is 30.0 Å². The predicted octanol–water partition coefficient (Wildman–Crippen LogP) is 2.61. The molecule has 168 valence electrons. The summed E-state index contributed by atoms with van der Waals surface area (Å²) in [5.74, 6) is -0.362. The fourth-order valence-electron chi connectivity index (χ4n) is 4.17. The van der Waals surface area contributed by atoms with Crippen LogP contribution < -0.4 is 16.6 Å². The number of primary amides is 1. The van der Waals surface area contributed by atoms with Crippen molar-refractivity contribution in [1.82, 2.24) is 19.2 Å². The first-order valence-corrected chi connectivity index (χ1v) is 12.1. The fraction of sp³-hybridized carbons (Fsp3) is 0.227. The molecule has 33 heavy (non-hydrogen) atoms. The lowest BCUT2D eigenvalue weighted by Gasteiger charge is -2.09. The van der Waals surface area contributed by atoms with E-state index < -0.39 is 5.91 Å². The summed E-state index contributed by atoms with van der Waals surface area (Å²) in [6.07, 6.45) is 4.33. The molecule has 1 aromatic carbocycles. The second kappa shape index (κ2) is 8.49. The molecule has 1 aliphatic carbocycles. The highest BCUT2D eigenvalue weighted by Crippen LogP contribution is 2.39. The van der Waals surface area contributed by atoms with Crippen LogP contribution in [0.5, 0.6) is 0 Å². The maximum atomic E-state index is 12.9. The Labute approximate surface area is 196 Å². The summed E-state index contributed by atoms with van der Waals surface area (Å²) in [7, 11) is 0. The molecule has 9 nitrogen and oxygen atoms in total. The van der Waals surface area contributed by atoms with Gasteiger partial charge in [0.2, 0.25) is 11.7 Å². The third-order valence-electron chi connectivity index (χ3n) is 5.54. The molecule has 0 radical (unpaired) electrons. The van der Waals surface area contributed by atoms with E-state index in [0.717, 1.165) is 29.7 Å². The molecule has 3 heterocycles. The van der Waals surface area contributed by atoms with Gasteiger partial charge < -0.3 is 11.1 Å². The average Bonchev–Trinajstić information content (AvgIpc) is 3.49. The van der Waals surface area contributed by atoms with Crippen molar-refractivity contribution in [3.05, 3.63) is 63.3 Å². The molecule has 5 rings (SSSR count). The smallest absolute Gasteiger partial charge is 0.263 e. The van der Waals surface area contributed by atoms with Gasteiger partial charge in [-0.3, -0.25) is 23.4 Å². The number of hydrogen-bond acceptors (Lipinski definition) is 7. The zero-order chi connectivity index (χ0) is 23.1. The van der Waals surface area contributed by atoms with Gasteiger partial charge in [0.25, 0.3) is 11.5 Å². The van der Waals surface area contributed by atoms with Gasteiger partial charge in [0.05, 0.1) is 22.2 Å². The maximum Gasteiger partial charge on any atom is 0.263 e. The number of fused-ring (bicyclic) bond motifs is 4. The zero-order valence-corrected chi connectivity index (χ0v) is 19.2. The Hall–Kier alpha value is -3.44. The quantitative estimate of drug-likeness (QED) is 0.309. The highest BCUT2D eigenvalue weighted by molar-refractivity contribution is 7.99. The van der Waals surface area contributed by atoms with E-state index in [-0.39, 0.29) is 23.8 Å². The van der Waals surface area contributed by atoms with Crippen LogP contribution in [0.25, 0.3) is 16.7 Å². The van der Waals surface area contributed by atoms with E-state index in [1.54, 1.807) is 22.6 Å². The van der Waals surface area contributed by atoms with E-state index in [1.165, 1.54) is 27.7 Å². The fourth-order valence-corrected chi connectivity index (χ4v) is 6.22. The number of carbonyl (C=O) groups excluding carboxylic acids is 2. The second-order valence-electron chi connectivity index (χ2n) is 7.60. The third kappa shape index (κ3) is 3.62. The Morgan fingerprint density at radius 1 is 1.27 bits per heavy atom. The van der Waals surface area contributed by atoms with Gasteiger partial charge in [0.1, 0.15) is 5.00 Å². The first kappa shape index (κ1) is 21.4. The molecule has 0 aliphatic heterocycles. The molecule has 3 aromatic heterocycles. The number of carbonyl (C=O) groups is 2. The highest BCUT2D eigenvalue weighted by atomic mass is 32.2. The van der Waals surface area contributed by atoms with Gasteiger partial charge >= 0.3 is 0 Å². The van der Waals surface area contributed by atoms with Crippen LogP contribution in [0.3, 0.4) is 0 Å². The van der Waals surface area contributed by atoms with E-state index in [9.17, 15) is 14.4 Å². The van der Waals surface area contributed by atoms with Crippen LogP contribution in [0.1, 0.15) is 27.2 Å². The van der Waals surface area contributed by atoms with Gasteiger partial charge in [0.15, 0.2) is 5.16 Å². The molecule has 0 saturated carbocycles. The van der Waals surface area contributed by atoms with Crippen LogP contribution in [0.4, 0.5) is 5.00 Å². The molecule has 1 aliphatic rings. The molecule has 0 atom stereocenters. The predicted molar refractivity (Wildman–Crippen MR) is 129 cm³/mol. The number of allylic oxidation sites excluding steroid dienone is 1. The van der Waals surface area contributed by atoms with Crippen molar-refractivity contribution in [2.75, 3.05) is 11.1 Å². The van der Waals surface area contributed by atoms with Gasteiger partial charge in [0, 0.05) is 11.4 Å². The van der Waals surface area contributed by atoms with Crippen molar-refractivity contribution in [2.24, 2.45) is 5.73 Å². The van der Waals surface area contributed by atoms with E-state index in [0.29, 0.717) is 32.4 Å². The zero-order valence-electron chi connectivity index (χ0n) is 17.5. The van der Waals surface area contributed by atoms with Crippen molar-refractivity contribution in [2.45, 2.75) is 31.0 Å². The number of anilines is 1. The highest BCUT2D eigenvalue weighted by Gasteiger charge is 2.26. The number of benzene rings is 1. The van der Waals surface area contributed by atoms with Gasteiger partial charge in [-0.15, -0.1) is 28.1 Å². The molecule has 0 unspecified atom stereocenters. The number of nitrogens with zero attached hydrogens (tertiary/aromatic N) is 4. The standard InChI is InChI=1S/C22H20N6O3S2/c1-2-10-27-20(31)12-6-3-4-8-14(12)28-21(27)25-26-22(28)32-11-16(29)24-19-17(18(23)30)13-7-5-9-15(13)33-19/h2-4,6,8H,1,5,7,9-11H2,(H2,23,30)(H,24,29). The number of thioether (sulfide) groups is 1. The molecule has 11 heteroatoms. The Kier molecular flexibility index (Phi) is 5.51. The summed E-state index contributed by atoms with van der Waals surface area (Å²) in [6.45, 7) is 4.01. The number of aryl methyl sites for hydroxylation is 1. The average molecular weight is 481 g/mol. The molecule has 0 fully saturated rings. The topological polar surface area (TPSA) is 124 Å². The van der Waals surface area contributed by atoms with Crippen molar-refractivity contribution in [3.8, 4) is 0 Å². The van der Waals surface area contributed by atoms with Gasteiger partial charge in [-0.05, 0) is 37.0 Å². The number of nitrogens with two attached hydrogens (primary N) is 1. The minimum absolute atomic E-state index is 0.0521. The van der Waals surface area contributed by atoms with Crippen LogP contribution in [-0.4, -0.2) is 36.7 Å². The van der Waals surface area contributed by atoms with E-state index in [4.69, 9.17) is 5.73 Å². The van der Waals surface area contributed by atoms with Gasteiger partial charge in [-0.2, -0.15) is 0 Å². The largest absolute Gasteiger partial charge is 0.365 e. The number of hydrogen-bond donors (Lipinski definition) is 2. The molecule has 2 amide bonds. The van der Waals surface area contributed by atoms with E-state index in [1.807, 2.05) is 12.1 Å². The molecule has 0 spiro atoms. The molecule has 0 bridgehead atoms. The molecule has 3 N–H and O–H groups in total. The SMILES string of the molecule is C=CCn1c(=O)c2ccccc2n2c(SCC(=O)Nc3sc4c(c3C(N)=O)CCC4)nnc12. The molecular formula is C22H20N6O3S2. The summed E-state index contributed by atoms with van der Waals surface area (Å²) < 4.78 is 3.27. The first-order chi connectivity index (χ1) is 16.0. The Morgan fingerprint density at radius 2 is 2.09 bits per heavy atom. The summed E-state index contributed by atoms with van der Waals surface area (Å²) >= 11 is 2.62. The number of aromatic nitrogens is 4. The Balaban J connectivity index is 1.44. The molecular weight excluding hydrogens is 460 g/mol. The molecule has 4 aromatic rings. The van der Waals surface area contributed by atoms with Gasteiger partial charge in [-0.25, -0.2) is 0 Å². The number of para-hydroxylation sites is 1.